The quantitative estimate of drug-likeness (QED) is 0.847. The van der Waals surface area contributed by atoms with E-state index in [-0.39, 0.29) is 25.1 Å². The number of aliphatic carboxylic acids is 1. The first-order valence-electron chi connectivity index (χ1n) is 7.56. The number of carboxylic acid groups (broad SMARTS) is 1. The first kappa shape index (κ1) is 16.1. The molecule has 0 heterocycles. The molecule has 0 bridgehead atoms. The molecule has 2 N–H and O–H groups in total. The number of carboxylic acids is 1. The van der Waals surface area contributed by atoms with Gasteiger partial charge in [-0.15, -0.1) is 0 Å². The van der Waals surface area contributed by atoms with Crippen LogP contribution < -0.4 is 10.1 Å². The maximum Gasteiger partial charge on any atom is 0.321 e. The van der Waals surface area contributed by atoms with E-state index in [2.05, 4.69) is 5.32 Å². The molecule has 2 rings (SSSR count). The van der Waals surface area contributed by atoms with E-state index in [4.69, 9.17) is 9.84 Å². The number of carbonyl (C=O) groups is 2. The van der Waals surface area contributed by atoms with Gasteiger partial charge < -0.3 is 20.1 Å². The van der Waals surface area contributed by atoms with Crippen molar-refractivity contribution in [3.63, 3.8) is 0 Å². The van der Waals surface area contributed by atoms with Crippen LogP contribution in [0.3, 0.4) is 0 Å². The second-order valence-corrected chi connectivity index (χ2v) is 5.52. The number of para-hydroxylation sites is 2. The SMILES string of the molecule is CN(CCC(=O)O)C(=O)Nc1ccccc1OC1CCCC1. The molecule has 1 aromatic rings. The maximum absolute atomic E-state index is 12.1. The van der Waals surface area contributed by atoms with Crippen LogP contribution in [0.25, 0.3) is 0 Å². The van der Waals surface area contributed by atoms with Gasteiger partial charge in [-0.05, 0) is 37.8 Å². The van der Waals surface area contributed by atoms with Gasteiger partial charge in [0.05, 0.1) is 18.2 Å². The predicted molar refractivity (Wildman–Crippen MR) is 83.2 cm³/mol. The highest BCUT2D eigenvalue weighted by atomic mass is 16.5. The second-order valence-electron chi connectivity index (χ2n) is 5.52. The summed E-state index contributed by atoms with van der Waals surface area (Å²) in [4.78, 5) is 24.0. The maximum atomic E-state index is 12.1. The molecular formula is C16H22N2O4. The molecule has 0 unspecified atom stereocenters. The highest BCUT2D eigenvalue weighted by Gasteiger charge is 2.19. The first-order valence-corrected chi connectivity index (χ1v) is 7.56. The Kier molecular flexibility index (Phi) is 5.63. The van der Waals surface area contributed by atoms with E-state index < -0.39 is 5.97 Å². The van der Waals surface area contributed by atoms with Crippen LogP contribution >= 0.6 is 0 Å². The third-order valence-electron chi connectivity index (χ3n) is 3.73. The van der Waals surface area contributed by atoms with Gasteiger partial charge in [-0.1, -0.05) is 12.1 Å². The number of rotatable bonds is 6. The lowest BCUT2D eigenvalue weighted by molar-refractivity contribution is -0.137. The number of benzene rings is 1. The molecule has 2 amide bonds. The Morgan fingerprint density at radius 3 is 2.68 bits per heavy atom. The Morgan fingerprint density at radius 2 is 2.00 bits per heavy atom. The van der Waals surface area contributed by atoms with Crippen molar-refractivity contribution in [2.75, 3.05) is 18.9 Å². The Hall–Kier alpha value is -2.24. The lowest BCUT2D eigenvalue weighted by atomic mass is 10.2. The molecule has 0 saturated heterocycles. The van der Waals surface area contributed by atoms with Crippen molar-refractivity contribution >= 4 is 17.7 Å². The van der Waals surface area contributed by atoms with E-state index in [1.54, 1.807) is 13.1 Å². The molecule has 0 aliphatic heterocycles. The molecule has 6 nitrogen and oxygen atoms in total. The van der Waals surface area contributed by atoms with Gasteiger partial charge in [-0.3, -0.25) is 4.79 Å². The zero-order valence-corrected chi connectivity index (χ0v) is 12.7. The largest absolute Gasteiger partial charge is 0.488 e. The van der Waals surface area contributed by atoms with Crippen molar-refractivity contribution in [1.29, 1.82) is 0 Å². The molecule has 120 valence electrons. The van der Waals surface area contributed by atoms with Crippen molar-refractivity contribution in [3.8, 4) is 5.75 Å². The Morgan fingerprint density at radius 1 is 1.32 bits per heavy atom. The standard InChI is InChI=1S/C16H22N2O4/c1-18(11-10-15(19)20)16(21)17-13-8-4-5-9-14(13)22-12-6-2-3-7-12/h4-5,8-9,12H,2-3,6-7,10-11H2,1H3,(H,17,21)(H,19,20). The van der Waals surface area contributed by atoms with E-state index in [0.29, 0.717) is 11.4 Å². The Bertz CT molecular complexity index is 527. The fraction of sp³-hybridized carbons (Fsp3) is 0.500. The number of amides is 2. The lowest BCUT2D eigenvalue weighted by Crippen LogP contribution is -2.33. The molecule has 1 aromatic carbocycles. The first-order chi connectivity index (χ1) is 10.6. The third kappa shape index (κ3) is 4.65. The predicted octanol–water partition coefficient (Wildman–Crippen LogP) is 2.95. The van der Waals surface area contributed by atoms with E-state index in [0.717, 1.165) is 12.8 Å². The van der Waals surface area contributed by atoms with Crippen LogP contribution in [0.4, 0.5) is 10.5 Å². The summed E-state index contributed by atoms with van der Waals surface area (Å²) in [5, 5.41) is 11.4. The van der Waals surface area contributed by atoms with Gasteiger partial charge in [0.15, 0.2) is 0 Å². The number of nitrogens with zero attached hydrogens (tertiary/aromatic N) is 1. The summed E-state index contributed by atoms with van der Waals surface area (Å²) in [6.07, 6.45) is 4.57. The highest BCUT2D eigenvalue weighted by Crippen LogP contribution is 2.29. The van der Waals surface area contributed by atoms with Crippen LogP contribution in [0.2, 0.25) is 0 Å². The van der Waals surface area contributed by atoms with Crippen LogP contribution in [-0.4, -0.2) is 41.7 Å². The molecule has 0 atom stereocenters. The Balaban J connectivity index is 1.96. The molecule has 1 aliphatic carbocycles. The lowest BCUT2D eigenvalue weighted by Gasteiger charge is -2.20. The molecule has 22 heavy (non-hydrogen) atoms. The smallest absolute Gasteiger partial charge is 0.321 e. The summed E-state index contributed by atoms with van der Waals surface area (Å²) in [5.41, 5.74) is 0.613. The minimum atomic E-state index is -0.926. The van der Waals surface area contributed by atoms with Crippen LogP contribution in [0.5, 0.6) is 5.75 Å². The number of nitrogens with one attached hydrogen (secondary N) is 1. The summed E-state index contributed by atoms with van der Waals surface area (Å²) < 4.78 is 5.96. The van der Waals surface area contributed by atoms with Crippen molar-refractivity contribution in [2.45, 2.75) is 38.2 Å². The van der Waals surface area contributed by atoms with E-state index in [1.165, 1.54) is 17.7 Å². The molecule has 6 heteroatoms. The molecule has 1 saturated carbocycles. The molecule has 0 radical (unpaired) electrons. The highest BCUT2D eigenvalue weighted by molar-refractivity contribution is 5.91. The van der Waals surface area contributed by atoms with Crippen molar-refractivity contribution in [3.05, 3.63) is 24.3 Å². The molecule has 1 aliphatic rings. The second kappa shape index (κ2) is 7.68. The zero-order chi connectivity index (χ0) is 15.9. The fourth-order valence-electron chi connectivity index (χ4n) is 2.43. The van der Waals surface area contributed by atoms with E-state index in [9.17, 15) is 9.59 Å². The van der Waals surface area contributed by atoms with Gasteiger partial charge in [0, 0.05) is 13.6 Å². The van der Waals surface area contributed by atoms with Crippen molar-refractivity contribution in [2.24, 2.45) is 0 Å². The third-order valence-corrected chi connectivity index (χ3v) is 3.73. The fourth-order valence-corrected chi connectivity index (χ4v) is 2.43. The number of carbonyl (C=O) groups excluding carboxylic acids is 1. The summed E-state index contributed by atoms with van der Waals surface area (Å²) in [7, 11) is 1.57. The van der Waals surface area contributed by atoms with Gasteiger partial charge in [-0.2, -0.15) is 0 Å². The summed E-state index contributed by atoms with van der Waals surface area (Å²) in [5.74, 6) is -0.265. The number of hydrogen-bond donors (Lipinski definition) is 2. The number of hydrogen-bond acceptors (Lipinski definition) is 3. The molecule has 0 spiro atoms. The summed E-state index contributed by atoms with van der Waals surface area (Å²) in [6.45, 7) is 0.160. The molecular weight excluding hydrogens is 284 g/mol. The van der Waals surface area contributed by atoms with Crippen LogP contribution in [-0.2, 0) is 4.79 Å². The topological polar surface area (TPSA) is 78.9 Å². The minimum Gasteiger partial charge on any atom is -0.488 e. The summed E-state index contributed by atoms with van der Waals surface area (Å²) in [6, 6.07) is 6.98. The van der Waals surface area contributed by atoms with Crippen molar-refractivity contribution in [1.82, 2.24) is 4.90 Å². The average molecular weight is 306 g/mol. The van der Waals surface area contributed by atoms with Gasteiger partial charge >= 0.3 is 12.0 Å². The normalized spacial score (nSPS) is 14.6. The van der Waals surface area contributed by atoms with Crippen molar-refractivity contribution < 1.29 is 19.4 Å². The van der Waals surface area contributed by atoms with Gasteiger partial charge in [0.1, 0.15) is 5.75 Å². The van der Waals surface area contributed by atoms with Crippen LogP contribution in [0.15, 0.2) is 24.3 Å². The van der Waals surface area contributed by atoms with Crippen LogP contribution in [0, 0.1) is 0 Å². The summed E-state index contributed by atoms with van der Waals surface area (Å²) >= 11 is 0. The monoisotopic (exact) mass is 306 g/mol. The minimum absolute atomic E-state index is 0.0792. The van der Waals surface area contributed by atoms with Gasteiger partial charge in [0.2, 0.25) is 0 Å². The molecule has 0 aromatic heterocycles. The Labute approximate surface area is 130 Å². The van der Waals surface area contributed by atoms with Gasteiger partial charge in [-0.25, -0.2) is 4.79 Å². The number of anilines is 1. The molecule has 1 fully saturated rings. The van der Waals surface area contributed by atoms with E-state index >= 15 is 0 Å². The zero-order valence-electron chi connectivity index (χ0n) is 12.7. The number of ether oxygens (including phenoxy) is 1. The average Bonchev–Trinajstić information content (AvgIpc) is 2.99. The van der Waals surface area contributed by atoms with E-state index in [1.807, 2.05) is 18.2 Å². The van der Waals surface area contributed by atoms with Gasteiger partial charge in [0.25, 0.3) is 0 Å². The number of urea groups is 1. The van der Waals surface area contributed by atoms with Crippen LogP contribution in [0.1, 0.15) is 32.1 Å².